The highest BCUT2D eigenvalue weighted by molar-refractivity contribution is 5.29. The largest absolute Gasteiger partial charge is 0.495 e. The maximum Gasteiger partial charge on any atom is 0.141 e. The van der Waals surface area contributed by atoms with Gasteiger partial charge in [-0.05, 0) is 37.1 Å². The lowest BCUT2D eigenvalue weighted by atomic mass is 10.1. The maximum absolute atomic E-state index is 6.15. The highest BCUT2D eigenvalue weighted by Gasteiger charge is 2.13. The van der Waals surface area contributed by atoms with Crippen LogP contribution in [0.2, 0.25) is 0 Å². The van der Waals surface area contributed by atoms with E-state index in [9.17, 15) is 0 Å². The van der Waals surface area contributed by atoms with Crippen molar-refractivity contribution in [1.29, 1.82) is 0 Å². The molecule has 0 bridgehead atoms. The predicted molar refractivity (Wildman–Crippen MR) is 70.3 cm³/mol. The van der Waals surface area contributed by atoms with Crippen molar-refractivity contribution in [1.82, 2.24) is 9.97 Å². The number of nitrogens with two attached hydrogens (primary N) is 1. The molecule has 2 aromatic rings. The van der Waals surface area contributed by atoms with E-state index in [1.165, 1.54) is 0 Å². The van der Waals surface area contributed by atoms with Gasteiger partial charge in [-0.2, -0.15) is 0 Å². The van der Waals surface area contributed by atoms with Crippen molar-refractivity contribution < 1.29 is 4.74 Å². The number of ether oxygens (including phenoxy) is 1. The van der Waals surface area contributed by atoms with Crippen LogP contribution in [0.1, 0.15) is 23.9 Å². The molecule has 2 aromatic heterocycles. The van der Waals surface area contributed by atoms with Gasteiger partial charge in [0.25, 0.3) is 0 Å². The summed E-state index contributed by atoms with van der Waals surface area (Å²) in [5.74, 6) is 0.742. The number of hydrogen-bond acceptors (Lipinski definition) is 4. The van der Waals surface area contributed by atoms with Crippen LogP contribution in [0.4, 0.5) is 0 Å². The van der Waals surface area contributed by atoms with Gasteiger partial charge in [-0.25, -0.2) is 0 Å². The van der Waals surface area contributed by atoms with Gasteiger partial charge in [-0.3, -0.25) is 9.97 Å². The number of pyridine rings is 2. The maximum atomic E-state index is 6.15. The summed E-state index contributed by atoms with van der Waals surface area (Å²) in [6, 6.07) is 9.47. The van der Waals surface area contributed by atoms with Crippen molar-refractivity contribution in [2.45, 2.75) is 18.9 Å². The standard InChI is InChI=1S/C14H17N3O/c1-18-13-6-4-10-17-14(13)12(15)8-7-11-5-2-3-9-16-11/h2-6,9-10,12H,7-8,15H2,1H3. The number of rotatable bonds is 5. The predicted octanol–water partition coefficient (Wildman–Crippen LogP) is 2.12. The van der Waals surface area contributed by atoms with Crippen LogP contribution in [0.25, 0.3) is 0 Å². The van der Waals surface area contributed by atoms with E-state index in [0.717, 1.165) is 30.0 Å². The van der Waals surface area contributed by atoms with Gasteiger partial charge in [-0.15, -0.1) is 0 Å². The van der Waals surface area contributed by atoms with Crippen LogP contribution < -0.4 is 10.5 Å². The van der Waals surface area contributed by atoms with E-state index in [1.807, 2.05) is 30.3 Å². The monoisotopic (exact) mass is 243 g/mol. The lowest BCUT2D eigenvalue weighted by Gasteiger charge is -2.13. The van der Waals surface area contributed by atoms with Crippen molar-refractivity contribution >= 4 is 0 Å². The second kappa shape index (κ2) is 6.12. The summed E-state index contributed by atoms with van der Waals surface area (Å²) < 4.78 is 5.26. The van der Waals surface area contributed by atoms with Crippen molar-refractivity contribution in [3.8, 4) is 5.75 Å². The number of aromatic nitrogens is 2. The molecule has 1 unspecified atom stereocenters. The van der Waals surface area contributed by atoms with E-state index < -0.39 is 0 Å². The van der Waals surface area contributed by atoms with Gasteiger partial charge >= 0.3 is 0 Å². The zero-order valence-corrected chi connectivity index (χ0v) is 10.4. The van der Waals surface area contributed by atoms with Gasteiger partial charge in [0.15, 0.2) is 0 Å². The summed E-state index contributed by atoms with van der Waals surface area (Å²) in [5, 5.41) is 0. The lowest BCUT2D eigenvalue weighted by Crippen LogP contribution is -2.14. The van der Waals surface area contributed by atoms with Crippen LogP contribution in [0.3, 0.4) is 0 Å². The minimum atomic E-state index is -0.136. The van der Waals surface area contributed by atoms with Crippen LogP contribution in [0.5, 0.6) is 5.75 Å². The van der Waals surface area contributed by atoms with Gasteiger partial charge < -0.3 is 10.5 Å². The van der Waals surface area contributed by atoms with Crippen molar-refractivity contribution in [3.05, 3.63) is 54.1 Å². The number of aryl methyl sites for hydroxylation is 1. The molecule has 0 amide bonds. The summed E-state index contributed by atoms with van der Waals surface area (Å²) >= 11 is 0. The quantitative estimate of drug-likeness (QED) is 0.873. The van der Waals surface area contributed by atoms with Crippen LogP contribution >= 0.6 is 0 Å². The third-order valence-corrected chi connectivity index (χ3v) is 2.81. The molecule has 0 radical (unpaired) electrons. The fourth-order valence-corrected chi connectivity index (χ4v) is 1.84. The normalized spacial score (nSPS) is 12.1. The average Bonchev–Trinajstić information content (AvgIpc) is 2.45. The SMILES string of the molecule is COc1cccnc1C(N)CCc1ccccn1. The molecule has 0 aromatic carbocycles. The molecule has 2 rings (SSSR count). The topological polar surface area (TPSA) is 61.0 Å². The molecule has 2 heterocycles. The molecule has 4 heteroatoms. The molecule has 0 aliphatic rings. The molecule has 0 aliphatic heterocycles. The third-order valence-electron chi connectivity index (χ3n) is 2.81. The number of hydrogen-bond donors (Lipinski definition) is 1. The summed E-state index contributed by atoms with van der Waals surface area (Å²) in [4.78, 5) is 8.57. The number of nitrogens with zero attached hydrogens (tertiary/aromatic N) is 2. The molecular weight excluding hydrogens is 226 g/mol. The molecule has 94 valence electrons. The Morgan fingerprint density at radius 2 is 2.00 bits per heavy atom. The van der Waals surface area contributed by atoms with Gasteiger partial charge in [0.1, 0.15) is 5.75 Å². The fraction of sp³-hybridized carbons (Fsp3) is 0.286. The zero-order valence-electron chi connectivity index (χ0n) is 10.4. The van der Waals surface area contributed by atoms with Crippen LogP contribution in [0, 0.1) is 0 Å². The zero-order chi connectivity index (χ0) is 12.8. The molecule has 18 heavy (non-hydrogen) atoms. The molecule has 0 saturated carbocycles. The first-order valence-corrected chi connectivity index (χ1v) is 5.95. The minimum absolute atomic E-state index is 0.136. The van der Waals surface area contributed by atoms with Gasteiger partial charge in [0.05, 0.1) is 18.8 Å². The second-order valence-electron chi connectivity index (χ2n) is 4.06. The molecule has 0 spiro atoms. The van der Waals surface area contributed by atoms with Gasteiger partial charge in [0.2, 0.25) is 0 Å². The van der Waals surface area contributed by atoms with E-state index in [1.54, 1.807) is 19.5 Å². The first kappa shape index (κ1) is 12.5. The van der Waals surface area contributed by atoms with Crippen LogP contribution in [-0.4, -0.2) is 17.1 Å². The first-order chi connectivity index (χ1) is 8.81. The summed E-state index contributed by atoms with van der Waals surface area (Å²) in [5.41, 5.74) is 8.00. The molecule has 1 atom stereocenters. The Balaban J connectivity index is 2.01. The van der Waals surface area contributed by atoms with E-state index in [4.69, 9.17) is 10.5 Å². The Labute approximate surface area is 107 Å². The Hall–Kier alpha value is -1.94. The molecule has 2 N–H and O–H groups in total. The van der Waals surface area contributed by atoms with E-state index in [-0.39, 0.29) is 6.04 Å². The van der Waals surface area contributed by atoms with Gasteiger partial charge in [0, 0.05) is 18.1 Å². The summed E-state index contributed by atoms with van der Waals surface area (Å²) in [6.07, 6.45) is 5.16. The van der Waals surface area contributed by atoms with Crippen molar-refractivity contribution in [2.24, 2.45) is 5.73 Å². The fourth-order valence-electron chi connectivity index (χ4n) is 1.84. The minimum Gasteiger partial charge on any atom is -0.495 e. The lowest BCUT2D eigenvalue weighted by molar-refractivity contribution is 0.400. The summed E-state index contributed by atoms with van der Waals surface area (Å²) in [7, 11) is 1.63. The first-order valence-electron chi connectivity index (χ1n) is 5.95. The van der Waals surface area contributed by atoms with Gasteiger partial charge in [-0.1, -0.05) is 6.07 Å². The van der Waals surface area contributed by atoms with Crippen molar-refractivity contribution in [2.75, 3.05) is 7.11 Å². The molecule has 4 nitrogen and oxygen atoms in total. The molecule has 0 saturated heterocycles. The molecular formula is C14H17N3O. The van der Waals surface area contributed by atoms with E-state index in [0.29, 0.717) is 0 Å². The smallest absolute Gasteiger partial charge is 0.141 e. The van der Waals surface area contributed by atoms with Crippen molar-refractivity contribution in [3.63, 3.8) is 0 Å². The molecule has 0 aliphatic carbocycles. The average molecular weight is 243 g/mol. The Morgan fingerprint density at radius 1 is 1.17 bits per heavy atom. The Bertz CT molecular complexity index is 487. The van der Waals surface area contributed by atoms with Crippen LogP contribution in [0.15, 0.2) is 42.7 Å². The van der Waals surface area contributed by atoms with Crippen LogP contribution in [-0.2, 0) is 6.42 Å². The van der Waals surface area contributed by atoms with E-state index in [2.05, 4.69) is 9.97 Å². The van der Waals surface area contributed by atoms with E-state index >= 15 is 0 Å². The Morgan fingerprint density at radius 3 is 2.72 bits per heavy atom. The second-order valence-corrected chi connectivity index (χ2v) is 4.06. The highest BCUT2D eigenvalue weighted by atomic mass is 16.5. The number of methoxy groups -OCH3 is 1. The molecule has 0 fully saturated rings. The Kier molecular flexibility index (Phi) is 4.25. The third kappa shape index (κ3) is 3.05. The highest BCUT2D eigenvalue weighted by Crippen LogP contribution is 2.23. The summed E-state index contributed by atoms with van der Waals surface area (Å²) in [6.45, 7) is 0.